The molecule has 0 amide bonds. The van der Waals surface area contributed by atoms with Gasteiger partial charge in [0.1, 0.15) is 0 Å². The van der Waals surface area contributed by atoms with Crippen LogP contribution in [-0.2, 0) is 16.4 Å². The van der Waals surface area contributed by atoms with Crippen molar-refractivity contribution in [3.05, 3.63) is 84.4 Å². The Kier molecular flexibility index (Phi) is 4.46. The second-order valence-corrected chi connectivity index (χ2v) is 8.10. The number of aromatic nitrogens is 1. The predicted molar refractivity (Wildman–Crippen MR) is 110 cm³/mol. The summed E-state index contributed by atoms with van der Waals surface area (Å²) in [6, 6.07) is 24.4. The number of hydrogen-bond donors (Lipinski definition) is 2. The van der Waals surface area contributed by atoms with Gasteiger partial charge in [-0.1, -0.05) is 55.5 Å². The van der Waals surface area contributed by atoms with Gasteiger partial charge in [-0.3, -0.25) is 4.72 Å². The summed E-state index contributed by atoms with van der Waals surface area (Å²) in [6.07, 6.45) is 0.872. The number of aromatic amines is 1. The minimum Gasteiger partial charge on any atom is -0.354 e. The van der Waals surface area contributed by atoms with Gasteiger partial charge in [-0.25, -0.2) is 8.42 Å². The van der Waals surface area contributed by atoms with Crippen LogP contribution >= 0.6 is 0 Å². The fourth-order valence-electron chi connectivity index (χ4n) is 3.13. The van der Waals surface area contributed by atoms with E-state index in [0.717, 1.165) is 34.1 Å². The zero-order chi connectivity index (χ0) is 18.9. The smallest absolute Gasteiger partial charge is 0.261 e. The van der Waals surface area contributed by atoms with E-state index in [0.29, 0.717) is 5.69 Å². The number of rotatable bonds is 5. The first-order valence-electron chi connectivity index (χ1n) is 8.86. The van der Waals surface area contributed by atoms with Gasteiger partial charge >= 0.3 is 0 Å². The molecule has 0 atom stereocenters. The van der Waals surface area contributed by atoms with Gasteiger partial charge in [0, 0.05) is 22.2 Å². The number of nitrogens with one attached hydrogen (secondary N) is 2. The molecule has 4 aromatic rings. The number of hydrogen-bond acceptors (Lipinski definition) is 2. The van der Waals surface area contributed by atoms with Gasteiger partial charge in [0.2, 0.25) is 0 Å². The highest BCUT2D eigenvalue weighted by molar-refractivity contribution is 7.92. The Morgan fingerprint density at radius 3 is 2.33 bits per heavy atom. The quantitative estimate of drug-likeness (QED) is 0.503. The van der Waals surface area contributed by atoms with Crippen LogP contribution in [0.15, 0.2) is 83.8 Å². The molecule has 0 saturated carbocycles. The van der Waals surface area contributed by atoms with E-state index in [1.54, 1.807) is 18.2 Å². The maximum atomic E-state index is 12.8. The normalized spacial score (nSPS) is 11.6. The molecule has 4 nitrogen and oxygen atoms in total. The summed E-state index contributed by atoms with van der Waals surface area (Å²) in [5.41, 5.74) is 4.34. The minimum atomic E-state index is -3.66. The van der Waals surface area contributed by atoms with Crippen LogP contribution in [0.2, 0.25) is 0 Å². The molecule has 2 N–H and O–H groups in total. The Hall–Kier alpha value is -3.05. The fourth-order valence-corrected chi connectivity index (χ4v) is 4.21. The van der Waals surface area contributed by atoms with Crippen LogP contribution in [0.4, 0.5) is 5.69 Å². The Bertz CT molecular complexity index is 1160. The van der Waals surface area contributed by atoms with E-state index in [2.05, 4.69) is 9.71 Å². The molecule has 0 saturated heterocycles. The van der Waals surface area contributed by atoms with Gasteiger partial charge in [-0.2, -0.15) is 0 Å². The van der Waals surface area contributed by atoms with E-state index in [1.165, 1.54) is 0 Å². The van der Waals surface area contributed by atoms with Gasteiger partial charge in [0.15, 0.2) is 0 Å². The highest BCUT2D eigenvalue weighted by atomic mass is 32.2. The maximum absolute atomic E-state index is 12.8. The van der Waals surface area contributed by atoms with E-state index in [1.807, 2.05) is 67.6 Å². The molecule has 0 bridgehead atoms. The van der Waals surface area contributed by atoms with Gasteiger partial charge in [0.05, 0.1) is 10.6 Å². The summed E-state index contributed by atoms with van der Waals surface area (Å²) in [7, 11) is -3.66. The lowest BCUT2D eigenvalue weighted by molar-refractivity contribution is 0.601. The van der Waals surface area contributed by atoms with Crippen molar-refractivity contribution in [3.63, 3.8) is 0 Å². The van der Waals surface area contributed by atoms with Crippen LogP contribution in [0.5, 0.6) is 0 Å². The molecule has 0 radical (unpaired) electrons. The molecule has 0 aliphatic carbocycles. The highest BCUT2D eigenvalue weighted by Gasteiger charge is 2.17. The number of anilines is 1. The SMILES string of the molecule is CCc1ccc(S(=O)(=O)Nc2ccccc2-c2cc3ccccc3[nH]2)cc1. The topological polar surface area (TPSA) is 62.0 Å². The summed E-state index contributed by atoms with van der Waals surface area (Å²) in [5, 5.41) is 1.08. The lowest BCUT2D eigenvalue weighted by Crippen LogP contribution is -2.13. The van der Waals surface area contributed by atoms with E-state index in [-0.39, 0.29) is 4.90 Å². The summed E-state index contributed by atoms with van der Waals surface area (Å²) >= 11 is 0. The molecule has 136 valence electrons. The van der Waals surface area contributed by atoms with Gasteiger partial charge in [0.25, 0.3) is 10.0 Å². The lowest BCUT2D eigenvalue weighted by Gasteiger charge is -2.12. The molecular weight excluding hydrogens is 356 g/mol. The third kappa shape index (κ3) is 3.46. The van der Waals surface area contributed by atoms with Crippen molar-refractivity contribution >= 4 is 26.6 Å². The monoisotopic (exact) mass is 376 g/mol. The predicted octanol–water partition coefficient (Wildman–Crippen LogP) is 5.20. The zero-order valence-electron chi connectivity index (χ0n) is 14.9. The standard InChI is InChI=1S/C22H20N2O2S/c1-2-16-11-13-18(14-12-16)27(25,26)24-21-10-6-4-8-19(21)22-15-17-7-3-5-9-20(17)23-22/h3-15,23-24H,2H2,1H3. The number of aryl methyl sites for hydroxylation is 1. The zero-order valence-corrected chi connectivity index (χ0v) is 15.8. The molecule has 3 aromatic carbocycles. The van der Waals surface area contributed by atoms with E-state index >= 15 is 0 Å². The summed E-state index contributed by atoms with van der Waals surface area (Å²) < 4.78 is 28.4. The molecular formula is C22H20N2O2S. The second-order valence-electron chi connectivity index (χ2n) is 6.42. The first-order chi connectivity index (χ1) is 13.1. The molecule has 0 fully saturated rings. The summed E-state index contributed by atoms with van der Waals surface area (Å²) in [6.45, 7) is 2.04. The van der Waals surface area contributed by atoms with Gasteiger partial charge in [-0.05, 0) is 42.3 Å². The molecule has 27 heavy (non-hydrogen) atoms. The van der Waals surface area contributed by atoms with Gasteiger partial charge < -0.3 is 4.98 Å². The third-order valence-electron chi connectivity index (χ3n) is 4.63. The molecule has 0 aliphatic heterocycles. The molecule has 1 aromatic heterocycles. The third-order valence-corrected chi connectivity index (χ3v) is 6.01. The van der Waals surface area contributed by atoms with E-state index < -0.39 is 10.0 Å². The van der Waals surface area contributed by atoms with Crippen molar-refractivity contribution in [3.8, 4) is 11.3 Å². The van der Waals surface area contributed by atoms with Crippen molar-refractivity contribution in [1.29, 1.82) is 0 Å². The number of benzene rings is 3. The number of para-hydroxylation sites is 2. The van der Waals surface area contributed by atoms with Crippen molar-refractivity contribution < 1.29 is 8.42 Å². The Morgan fingerprint density at radius 1 is 0.889 bits per heavy atom. The molecule has 0 unspecified atom stereocenters. The van der Waals surface area contributed by atoms with Crippen LogP contribution in [-0.4, -0.2) is 13.4 Å². The van der Waals surface area contributed by atoms with Crippen molar-refractivity contribution in [2.45, 2.75) is 18.2 Å². The Labute approximate surface area is 158 Å². The van der Waals surface area contributed by atoms with Crippen LogP contribution in [0, 0.1) is 0 Å². The second kappa shape index (κ2) is 6.93. The largest absolute Gasteiger partial charge is 0.354 e. The average Bonchev–Trinajstić information content (AvgIpc) is 3.12. The van der Waals surface area contributed by atoms with Crippen molar-refractivity contribution in [2.75, 3.05) is 4.72 Å². The number of sulfonamides is 1. The first-order valence-corrected chi connectivity index (χ1v) is 10.3. The molecule has 1 heterocycles. The minimum absolute atomic E-state index is 0.256. The van der Waals surface area contributed by atoms with Crippen LogP contribution < -0.4 is 4.72 Å². The fraction of sp³-hybridized carbons (Fsp3) is 0.0909. The maximum Gasteiger partial charge on any atom is 0.261 e. The van der Waals surface area contributed by atoms with Crippen molar-refractivity contribution in [1.82, 2.24) is 4.98 Å². The van der Waals surface area contributed by atoms with Crippen molar-refractivity contribution in [2.24, 2.45) is 0 Å². The molecule has 0 aliphatic rings. The van der Waals surface area contributed by atoms with Gasteiger partial charge in [-0.15, -0.1) is 0 Å². The average molecular weight is 376 g/mol. The van der Waals surface area contributed by atoms with Crippen LogP contribution in [0.3, 0.4) is 0 Å². The van der Waals surface area contributed by atoms with E-state index in [9.17, 15) is 8.42 Å². The Morgan fingerprint density at radius 2 is 1.59 bits per heavy atom. The summed E-state index contributed by atoms with van der Waals surface area (Å²) in [5.74, 6) is 0. The first kappa shape index (κ1) is 17.4. The van der Waals surface area contributed by atoms with Crippen LogP contribution in [0.1, 0.15) is 12.5 Å². The molecule has 0 spiro atoms. The van der Waals surface area contributed by atoms with Crippen LogP contribution in [0.25, 0.3) is 22.2 Å². The lowest BCUT2D eigenvalue weighted by atomic mass is 10.1. The van der Waals surface area contributed by atoms with E-state index in [4.69, 9.17) is 0 Å². The summed E-state index contributed by atoms with van der Waals surface area (Å²) in [4.78, 5) is 3.61. The highest BCUT2D eigenvalue weighted by Crippen LogP contribution is 2.31. The molecule has 4 rings (SSSR count). The number of H-pyrrole nitrogens is 1. The molecule has 5 heteroatoms. The Balaban J connectivity index is 1.72. The number of fused-ring (bicyclic) bond motifs is 1.